The van der Waals surface area contributed by atoms with Crippen LogP contribution in [0.4, 0.5) is 0 Å². The lowest BCUT2D eigenvalue weighted by atomic mass is 9.87. The van der Waals surface area contributed by atoms with Crippen molar-refractivity contribution in [1.29, 1.82) is 0 Å². The number of benzene rings is 10. The highest BCUT2D eigenvalue weighted by molar-refractivity contribution is 6.29. The van der Waals surface area contributed by atoms with Crippen LogP contribution in [-0.2, 0) is 0 Å². The van der Waals surface area contributed by atoms with Crippen LogP contribution in [0.2, 0.25) is 0 Å². The van der Waals surface area contributed by atoms with E-state index in [9.17, 15) is 0 Å². The molecule has 0 unspecified atom stereocenters. The molecule has 2 heteroatoms. The number of furan rings is 1. The second-order valence-corrected chi connectivity index (χ2v) is 14.0. The molecular weight excluding hydrogens is 631 g/mol. The first kappa shape index (κ1) is 27.9. The van der Waals surface area contributed by atoms with Crippen molar-refractivity contribution in [1.82, 2.24) is 4.57 Å². The van der Waals surface area contributed by atoms with Gasteiger partial charge in [-0.1, -0.05) is 133 Å². The van der Waals surface area contributed by atoms with Crippen molar-refractivity contribution in [2.45, 2.75) is 0 Å². The van der Waals surface area contributed by atoms with E-state index >= 15 is 0 Å². The zero-order chi connectivity index (χ0) is 33.9. The summed E-state index contributed by atoms with van der Waals surface area (Å²) in [5, 5.41) is 15.0. The number of hydrogen-bond acceptors (Lipinski definition) is 1. The Hall–Kier alpha value is -6.90. The SMILES string of the molecule is c1ccc(-n2c3cc(-c4ccc5ccc6c(-c7ccc8ccccc8c7)ccc7ccc4c5c76)ccc3c3c4c(ccc32)oc2ccccc24)cc1. The Balaban J connectivity index is 1.13. The van der Waals surface area contributed by atoms with Gasteiger partial charge in [-0.25, -0.2) is 0 Å². The van der Waals surface area contributed by atoms with Crippen LogP contribution in [0.5, 0.6) is 0 Å². The minimum Gasteiger partial charge on any atom is -0.456 e. The van der Waals surface area contributed by atoms with Crippen LogP contribution in [0.15, 0.2) is 180 Å². The number of rotatable bonds is 3. The van der Waals surface area contributed by atoms with E-state index in [0.717, 1.165) is 22.2 Å². The van der Waals surface area contributed by atoms with Gasteiger partial charge >= 0.3 is 0 Å². The quantitative estimate of drug-likeness (QED) is 0.173. The molecule has 0 aliphatic rings. The van der Waals surface area contributed by atoms with E-state index in [0.29, 0.717) is 0 Å². The third kappa shape index (κ3) is 3.78. The summed E-state index contributed by atoms with van der Waals surface area (Å²) >= 11 is 0. The first-order valence-electron chi connectivity index (χ1n) is 17.9. The van der Waals surface area contributed by atoms with Crippen LogP contribution in [0.1, 0.15) is 0 Å². The molecule has 2 aromatic heterocycles. The summed E-state index contributed by atoms with van der Waals surface area (Å²) in [6.45, 7) is 0. The molecule has 0 saturated carbocycles. The molecule has 0 amide bonds. The minimum atomic E-state index is 0.916. The van der Waals surface area contributed by atoms with Crippen molar-refractivity contribution in [2.24, 2.45) is 0 Å². The van der Waals surface area contributed by atoms with E-state index in [-0.39, 0.29) is 0 Å². The Kier molecular flexibility index (Phi) is 5.53. The van der Waals surface area contributed by atoms with Gasteiger partial charge in [-0.3, -0.25) is 0 Å². The number of para-hydroxylation sites is 2. The summed E-state index contributed by atoms with van der Waals surface area (Å²) in [5.74, 6) is 0. The summed E-state index contributed by atoms with van der Waals surface area (Å²) in [7, 11) is 0. The fourth-order valence-corrected chi connectivity index (χ4v) is 9.01. The van der Waals surface area contributed by atoms with E-state index in [1.54, 1.807) is 0 Å². The molecule has 0 spiro atoms. The van der Waals surface area contributed by atoms with Gasteiger partial charge in [0, 0.05) is 27.2 Å². The van der Waals surface area contributed by atoms with Gasteiger partial charge in [-0.2, -0.15) is 0 Å². The normalized spacial score (nSPS) is 12.2. The molecule has 12 rings (SSSR count). The predicted octanol–water partition coefficient (Wildman–Crippen LogP) is 14.1. The number of aromatic nitrogens is 1. The van der Waals surface area contributed by atoms with E-state index in [1.807, 2.05) is 6.07 Å². The topological polar surface area (TPSA) is 18.1 Å². The second kappa shape index (κ2) is 10.3. The third-order valence-corrected chi connectivity index (χ3v) is 11.3. The molecule has 0 fully saturated rings. The molecule has 12 aromatic rings. The molecule has 0 radical (unpaired) electrons. The maximum atomic E-state index is 6.37. The Labute approximate surface area is 298 Å². The van der Waals surface area contributed by atoms with Crippen LogP contribution in [-0.4, -0.2) is 4.57 Å². The van der Waals surface area contributed by atoms with Gasteiger partial charge in [-0.15, -0.1) is 0 Å². The van der Waals surface area contributed by atoms with E-state index in [1.165, 1.54) is 92.5 Å². The Morgan fingerprint density at radius 3 is 1.73 bits per heavy atom. The second-order valence-electron chi connectivity index (χ2n) is 14.0. The highest BCUT2D eigenvalue weighted by Crippen LogP contribution is 2.45. The highest BCUT2D eigenvalue weighted by atomic mass is 16.3. The smallest absolute Gasteiger partial charge is 0.136 e. The molecule has 10 aromatic carbocycles. The van der Waals surface area contributed by atoms with Gasteiger partial charge in [0.05, 0.1) is 11.0 Å². The van der Waals surface area contributed by atoms with Gasteiger partial charge in [0.15, 0.2) is 0 Å². The Morgan fingerprint density at radius 1 is 0.327 bits per heavy atom. The van der Waals surface area contributed by atoms with Crippen molar-refractivity contribution in [3.05, 3.63) is 176 Å². The summed E-state index contributed by atoms with van der Waals surface area (Å²) < 4.78 is 8.79. The molecule has 0 aliphatic heterocycles. The van der Waals surface area contributed by atoms with Crippen molar-refractivity contribution in [3.8, 4) is 27.9 Å². The molecule has 0 aliphatic carbocycles. The zero-order valence-corrected chi connectivity index (χ0v) is 28.1. The van der Waals surface area contributed by atoms with Crippen molar-refractivity contribution >= 4 is 86.8 Å². The molecule has 0 N–H and O–H groups in total. The molecule has 0 atom stereocenters. The van der Waals surface area contributed by atoms with Crippen LogP contribution in [0.25, 0.3) is 115 Å². The molecule has 2 nitrogen and oxygen atoms in total. The molecule has 0 saturated heterocycles. The van der Waals surface area contributed by atoms with Gasteiger partial charge in [0.25, 0.3) is 0 Å². The third-order valence-electron chi connectivity index (χ3n) is 11.3. The first-order chi connectivity index (χ1) is 25.8. The first-order valence-corrected chi connectivity index (χ1v) is 17.9. The minimum absolute atomic E-state index is 0.916. The molecular formula is C50H29NO. The van der Waals surface area contributed by atoms with Crippen LogP contribution >= 0.6 is 0 Å². The maximum absolute atomic E-state index is 6.37. The lowest BCUT2D eigenvalue weighted by Gasteiger charge is -2.17. The fraction of sp³-hybridized carbons (Fsp3) is 0. The summed E-state index contributed by atoms with van der Waals surface area (Å²) in [4.78, 5) is 0. The van der Waals surface area contributed by atoms with Crippen LogP contribution in [0.3, 0.4) is 0 Å². The van der Waals surface area contributed by atoms with E-state index in [4.69, 9.17) is 4.42 Å². The van der Waals surface area contributed by atoms with Gasteiger partial charge in [0.2, 0.25) is 0 Å². The van der Waals surface area contributed by atoms with Gasteiger partial charge in [0.1, 0.15) is 11.2 Å². The number of fused-ring (bicyclic) bond motifs is 8. The summed E-state index contributed by atoms with van der Waals surface area (Å²) in [6.07, 6.45) is 0. The summed E-state index contributed by atoms with van der Waals surface area (Å²) in [5.41, 5.74) is 10.3. The maximum Gasteiger partial charge on any atom is 0.136 e. The molecule has 2 heterocycles. The lowest BCUT2D eigenvalue weighted by molar-refractivity contribution is 0.669. The molecule has 52 heavy (non-hydrogen) atoms. The van der Waals surface area contributed by atoms with Crippen LogP contribution in [0, 0.1) is 0 Å². The average molecular weight is 660 g/mol. The van der Waals surface area contributed by atoms with Gasteiger partial charge in [-0.05, 0) is 108 Å². The fourth-order valence-electron chi connectivity index (χ4n) is 9.01. The predicted molar refractivity (Wildman–Crippen MR) is 220 cm³/mol. The average Bonchev–Trinajstić information content (AvgIpc) is 3.75. The van der Waals surface area contributed by atoms with E-state index in [2.05, 4.69) is 174 Å². The van der Waals surface area contributed by atoms with Crippen molar-refractivity contribution < 1.29 is 4.42 Å². The van der Waals surface area contributed by atoms with Crippen LogP contribution < -0.4 is 0 Å². The highest BCUT2D eigenvalue weighted by Gasteiger charge is 2.20. The van der Waals surface area contributed by atoms with Crippen molar-refractivity contribution in [3.63, 3.8) is 0 Å². The molecule has 240 valence electrons. The standard InChI is InChI=1S/C50H29NO/c1-2-10-36(11-3-1)51-43-26-27-46-50(42-12-6-7-13-45(42)52-46)49(43)41-25-20-35(29-44(41)51)38-22-17-32-18-23-39-37(21-16-31-19-24-40(38)48(32)47(31)39)34-15-14-30-8-4-5-9-33(30)28-34/h1-29H. The number of nitrogens with zero attached hydrogens (tertiary/aromatic N) is 1. The Bertz CT molecular complexity index is 3400. The zero-order valence-electron chi connectivity index (χ0n) is 28.1. The summed E-state index contributed by atoms with van der Waals surface area (Å²) in [6, 6.07) is 64.4. The lowest BCUT2D eigenvalue weighted by Crippen LogP contribution is -1.93. The number of hydrogen-bond donors (Lipinski definition) is 0. The Morgan fingerprint density at radius 2 is 0.942 bits per heavy atom. The largest absolute Gasteiger partial charge is 0.456 e. The van der Waals surface area contributed by atoms with Gasteiger partial charge < -0.3 is 8.98 Å². The van der Waals surface area contributed by atoms with E-state index < -0.39 is 0 Å². The monoisotopic (exact) mass is 659 g/mol. The van der Waals surface area contributed by atoms with Crippen molar-refractivity contribution in [2.75, 3.05) is 0 Å². The molecule has 0 bridgehead atoms.